The van der Waals surface area contributed by atoms with Gasteiger partial charge in [-0.1, -0.05) is 0 Å². The van der Waals surface area contributed by atoms with Crippen LogP contribution >= 0.6 is 0 Å². The minimum absolute atomic E-state index is 0.0379. The number of ether oxygens (including phenoxy) is 2. The number of nitrogens with zero attached hydrogens (tertiary/aromatic N) is 2. The summed E-state index contributed by atoms with van der Waals surface area (Å²) in [6.07, 6.45) is -3.27. The van der Waals surface area contributed by atoms with Gasteiger partial charge in [-0.05, 0) is 37.1 Å². The molecule has 1 atom stereocenters. The Morgan fingerprint density at radius 1 is 1.23 bits per heavy atom. The first-order valence-electron chi connectivity index (χ1n) is 11.0. The highest BCUT2D eigenvalue weighted by Gasteiger charge is 2.38. The number of amides is 1. The number of hydrogen-bond acceptors (Lipinski definition) is 7. The van der Waals surface area contributed by atoms with Crippen LogP contribution in [0, 0.1) is 0 Å². The number of sulfonamides is 1. The standard InChI is InChI=1S/C19H29N3O5S.C2HF3O2/c1-26-17-6-4-16(5-7-17)19(23)21(15-18-3-2-13-27-18)12-14-28(24,25)22-10-8-20-9-11-22;3-2(4,5)1(6)7/h4-7,18,20H,2-3,8-15H2,1H3;(H,6,7). The van der Waals surface area contributed by atoms with Gasteiger partial charge in [0.25, 0.3) is 5.91 Å². The molecule has 2 heterocycles. The van der Waals surface area contributed by atoms with E-state index in [4.69, 9.17) is 19.4 Å². The number of carboxylic acid groups (broad SMARTS) is 1. The minimum atomic E-state index is -5.08. The molecule has 35 heavy (non-hydrogen) atoms. The van der Waals surface area contributed by atoms with Crippen molar-refractivity contribution in [1.82, 2.24) is 14.5 Å². The van der Waals surface area contributed by atoms with E-state index in [2.05, 4.69) is 5.32 Å². The molecule has 2 saturated heterocycles. The van der Waals surface area contributed by atoms with E-state index in [1.54, 1.807) is 36.3 Å². The number of nitrogens with one attached hydrogen (secondary N) is 1. The summed E-state index contributed by atoms with van der Waals surface area (Å²) in [5.74, 6) is -2.36. The number of carbonyl (C=O) groups is 2. The molecule has 2 aliphatic heterocycles. The molecule has 0 aliphatic carbocycles. The summed E-state index contributed by atoms with van der Waals surface area (Å²) in [4.78, 5) is 23.5. The molecule has 14 heteroatoms. The lowest BCUT2D eigenvalue weighted by Crippen LogP contribution is -2.49. The highest BCUT2D eigenvalue weighted by atomic mass is 32.2. The number of halogens is 3. The molecule has 0 spiro atoms. The SMILES string of the molecule is COc1ccc(C(=O)N(CCS(=O)(=O)N2CCNCC2)CC2CCCO2)cc1.O=C(O)C(F)(F)F. The third-order valence-corrected chi connectivity index (χ3v) is 7.25. The fourth-order valence-corrected chi connectivity index (χ4v) is 4.95. The van der Waals surface area contributed by atoms with E-state index in [0.717, 1.165) is 12.8 Å². The molecule has 3 rings (SSSR count). The van der Waals surface area contributed by atoms with Crippen LogP contribution in [0.25, 0.3) is 0 Å². The lowest BCUT2D eigenvalue weighted by atomic mass is 10.1. The number of carbonyl (C=O) groups excluding carboxylic acids is 1. The smallest absolute Gasteiger partial charge is 0.490 e. The van der Waals surface area contributed by atoms with Gasteiger partial charge in [0.1, 0.15) is 5.75 Å². The van der Waals surface area contributed by atoms with Crippen molar-refractivity contribution >= 4 is 21.9 Å². The average molecular weight is 526 g/mol. The quantitative estimate of drug-likeness (QED) is 0.519. The predicted octanol–water partition coefficient (Wildman–Crippen LogP) is 1.18. The molecule has 0 aromatic heterocycles. The second kappa shape index (κ2) is 13.0. The van der Waals surface area contributed by atoms with Crippen LogP contribution in [0.1, 0.15) is 23.2 Å². The van der Waals surface area contributed by atoms with Crippen LogP contribution in [0.2, 0.25) is 0 Å². The zero-order chi connectivity index (χ0) is 26.1. The van der Waals surface area contributed by atoms with Gasteiger partial charge in [0, 0.05) is 51.4 Å². The summed E-state index contributed by atoms with van der Waals surface area (Å²) in [5.41, 5.74) is 0.512. The van der Waals surface area contributed by atoms with Crippen LogP contribution in [-0.4, -0.2) is 106 Å². The number of alkyl halides is 3. The van der Waals surface area contributed by atoms with Gasteiger partial charge < -0.3 is 24.8 Å². The lowest BCUT2D eigenvalue weighted by molar-refractivity contribution is -0.192. The van der Waals surface area contributed by atoms with E-state index in [1.165, 1.54) is 4.31 Å². The van der Waals surface area contributed by atoms with E-state index in [0.29, 0.717) is 50.6 Å². The van der Waals surface area contributed by atoms with Gasteiger partial charge in [0.15, 0.2) is 0 Å². The van der Waals surface area contributed by atoms with Crippen LogP contribution in [0.3, 0.4) is 0 Å². The zero-order valence-corrected chi connectivity index (χ0v) is 20.1. The molecule has 0 saturated carbocycles. The fraction of sp³-hybridized carbons (Fsp3) is 0.619. The van der Waals surface area contributed by atoms with Crippen LogP contribution in [0.5, 0.6) is 5.75 Å². The molecule has 2 fully saturated rings. The average Bonchev–Trinajstić information content (AvgIpc) is 3.35. The summed E-state index contributed by atoms with van der Waals surface area (Å²) < 4.78 is 69.4. The van der Waals surface area contributed by atoms with Crippen molar-refractivity contribution < 1.29 is 45.8 Å². The number of hydrogen-bond donors (Lipinski definition) is 2. The molecule has 1 amide bonds. The number of rotatable bonds is 8. The molecular formula is C21H30F3N3O7S. The monoisotopic (exact) mass is 525 g/mol. The van der Waals surface area contributed by atoms with Crippen molar-refractivity contribution in [3.05, 3.63) is 29.8 Å². The number of aliphatic carboxylic acids is 1. The summed E-state index contributed by atoms with van der Waals surface area (Å²) in [6.45, 7) is 3.50. The summed E-state index contributed by atoms with van der Waals surface area (Å²) in [6, 6.07) is 6.87. The van der Waals surface area contributed by atoms with Gasteiger partial charge in [-0.2, -0.15) is 17.5 Å². The summed E-state index contributed by atoms with van der Waals surface area (Å²) >= 11 is 0. The van der Waals surface area contributed by atoms with Crippen molar-refractivity contribution in [2.45, 2.75) is 25.1 Å². The first-order chi connectivity index (χ1) is 16.4. The van der Waals surface area contributed by atoms with Crippen LogP contribution in [-0.2, 0) is 19.6 Å². The first-order valence-corrected chi connectivity index (χ1v) is 12.6. The van der Waals surface area contributed by atoms with E-state index >= 15 is 0 Å². The largest absolute Gasteiger partial charge is 0.497 e. The van der Waals surface area contributed by atoms with Gasteiger partial charge in [0.05, 0.1) is 19.0 Å². The number of piperazine rings is 1. The molecule has 2 aliphatic rings. The fourth-order valence-electron chi connectivity index (χ4n) is 3.50. The van der Waals surface area contributed by atoms with Crippen molar-refractivity contribution in [1.29, 1.82) is 0 Å². The second-order valence-corrected chi connectivity index (χ2v) is 9.97. The molecule has 1 aromatic rings. The Morgan fingerprint density at radius 3 is 2.31 bits per heavy atom. The number of methoxy groups -OCH3 is 1. The third kappa shape index (κ3) is 9.28. The third-order valence-electron chi connectivity index (χ3n) is 5.40. The Morgan fingerprint density at radius 2 is 1.83 bits per heavy atom. The maximum absolute atomic E-state index is 13.0. The maximum Gasteiger partial charge on any atom is 0.490 e. The summed E-state index contributed by atoms with van der Waals surface area (Å²) in [7, 11) is -1.83. The molecular weight excluding hydrogens is 495 g/mol. The van der Waals surface area contributed by atoms with Crippen LogP contribution in [0.4, 0.5) is 13.2 Å². The first kappa shape index (κ1) is 28.8. The van der Waals surface area contributed by atoms with Gasteiger partial charge in [-0.3, -0.25) is 4.79 Å². The summed E-state index contributed by atoms with van der Waals surface area (Å²) in [5, 5.41) is 10.3. The van der Waals surface area contributed by atoms with Gasteiger partial charge in [-0.15, -0.1) is 0 Å². The number of carboxylic acids is 1. The van der Waals surface area contributed by atoms with Crippen LogP contribution in [0.15, 0.2) is 24.3 Å². The van der Waals surface area contributed by atoms with Crippen molar-refractivity contribution in [2.24, 2.45) is 0 Å². The molecule has 0 bridgehead atoms. The Balaban J connectivity index is 0.000000540. The zero-order valence-electron chi connectivity index (χ0n) is 19.3. The van der Waals surface area contributed by atoms with E-state index in [1.807, 2.05) is 0 Å². The second-order valence-electron chi connectivity index (χ2n) is 7.88. The van der Waals surface area contributed by atoms with Crippen molar-refractivity contribution in [2.75, 3.05) is 58.7 Å². The Hall–Kier alpha value is -2.42. The Kier molecular flexibility index (Phi) is 10.7. The van der Waals surface area contributed by atoms with Crippen LogP contribution < -0.4 is 10.1 Å². The van der Waals surface area contributed by atoms with Gasteiger partial charge in [0.2, 0.25) is 10.0 Å². The molecule has 198 valence electrons. The highest BCUT2D eigenvalue weighted by molar-refractivity contribution is 7.89. The Bertz CT molecular complexity index is 930. The normalized spacial score (nSPS) is 18.9. The van der Waals surface area contributed by atoms with E-state index < -0.39 is 22.2 Å². The number of benzene rings is 1. The topological polar surface area (TPSA) is 125 Å². The van der Waals surface area contributed by atoms with Gasteiger partial charge >= 0.3 is 12.1 Å². The van der Waals surface area contributed by atoms with E-state index in [9.17, 15) is 26.4 Å². The van der Waals surface area contributed by atoms with Crippen molar-refractivity contribution in [3.63, 3.8) is 0 Å². The lowest BCUT2D eigenvalue weighted by Gasteiger charge is -2.29. The molecule has 1 unspecified atom stereocenters. The highest BCUT2D eigenvalue weighted by Crippen LogP contribution is 2.18. The molecule has 1 aromatic carbocycles. The minimum Gasteiger partial charge on any atom is -0.497 e. The molecule has 2 N–H and O–H groups in total. The molecule has 0 radical (unpaired) electrons. The predicted molar refractivity (Wildman–Crippen MR) is 120 cm³/mol. The Labute approximate surface area is 202 Å². The maximum atomic E-state index is 13.0. The molecule has 10 nitrogen and oxygen atoms in total. The van der Waals surface area contributed by atoms with Crippen molar-refractivity contribution in [3.8, 4) is 5.75 Å². The van der Waals surface area contributed by atoms with Gasteiger partial charge in [-0.25, -0.2) is 13.2 Å². The van der Waals surface area contributed by atoms with E-state index in [-0.39, 0.29) is 24.3 Å².